The smallest absolute Gasteiger partial charge is 0.231 e. The van der Waals surface area contributed by atoms with Gasteiger partial charge >= 0.3 is 0 Å². The first-order valence-corrected chi connectivity index (χ1v) is 7.25. The van der Waals surface area contributed by atoms with E-state index in [9.17, 15) is 9.59 Å². The van der Waals surface area contributed by atoms with Crippen LogP contribution in [-0.2, 0) is 22.4 Å². The summed E-state index contributed by atoms with van der Waals surface area (Å²) in [6, 6.07) is 0.202. The molecule has 1 unspecified atom stereocenters. The van der Waals surface area contributed by atoms with Gasteiger partial charge in [-0.3, -0.25) is 9.59 Å². The van der Waals surface area contributed by atoms with Crippen LogP contribution in [0.4, 0.5) is 5.13 Å². The first kappa shape index (κ1) is 15.2. The minimum Gasteiger partial charge on any atom is -0.355 e. The minimum absolute atomic E-state index is 0. The van der Waals surface area contributed by atoms with Crippen LogP contribution >= 0.6 is 23.7 Å². The Morgan fingerprint density at radius 3 is 2.95 bits per heavy atom. The third kappa shape index (κ3) is 3.11. The summed E-state index contributed by atoms with van der Waals surface area (Å²) >= 11 is 1.50. The summed E-state index contributed by atoms with van der Waals surface area (Å²) in [6.07, 6.45) is 2.94. The van der Waals surface area contributed by atoms with Crippen LogP contribution in [0.5, 0.6) is 0 Å². The number of amides is 2. The molecule has 6 nitrogen and oxygen atoms in total. The molecule has 2 amide bonds. The molecule has 0 bridgehead atoms. The molecule has 0 spiro atoms. The second kappa shape index (κ2) is 6.07. The van der Waals surface area contributed by atoms with E-state index >= 15 is 0 Å². The van der Waals surface area contributed by atoms with Crippen molar-refractivity contribution < 1.29 is 9.59 Å². The molecular weight excluding hydrogens is 300 g/mol. The quantitative estimate of drug-likeness (QED) is 0.738. The second-order valence-electron chi connectivity index (χ2n) is 5.09. The van der Waals surface area contributed by atoms with Crippen LogP contribution in [-0.4, -0.2) is 29.4 Å². The van der Waals surface area contributed by atoms with Crippen molar-refractivity contribution in [2.24, 2.45) is 11.7 Å². The van der Waals surface area contributed by atoms with Gasteiger partial charge in [0.15, 0.2) is 5.13 Å². The van der Waals surface area contributed by atoms with Gasteiger partial charge in [-0.1, -0.05) is 0 Å². The van der Waals surface area contributed by atoms with Crippen LogP contribution in [0.2, 0.25) is 0 Å². The largest absolute Gasteiger partial charge is 0.355 e. The highest BCUT2D eigenvalue weighted by Gasteiger charge is 2.29. The van der Waals surface area contributed by atoms with E-state index in [1.807, 2.05) is 0 Å². The van der Waals surface area contributed by atoms with Crippen molar-refractivity contribution in [2.75, 3.05) is 11.9 Å². The Balaban J connectivity index is 0.00000147. The Morgan fingerprint density at radius 2 is 2.25 bits per heavy atom. The summed E-state index contributed by atoms with van der Waals surface area (Å²) in [5.74, 6) is -0.478. The number of fused-ring (bicyclic) bond motifs is 1. The Hall–Kier alpha value is -1.18. The standard InChI is InChI=1S/C12H16N4O2S.ClH/c13-7-1-2-8-9(4-7)19-12(15-8)16-11(18)6-3-10(17)14-5-6;/h6-7H,1-5,13H2,(H,14,17)(H,15,16,18);1H/t6?,7-;/m0./s1. The lowest BCUT2D eigenvalue weighted by atomic mass is 9.99. The normalized spacial score (nSPS) is 24.6. The number of anilines is 1. The van der Waals surface area contributed by atoms with Gasteiger partial charge in [0.25, 0.3) is 0 Å². The van der Waals surface area contributed by atoms with Gasteiger partial charge in [0.05, 0.1) is 11.6 Å². The summed E-state index contributed by atoms with van der Waals surface area (Å²) in [4.78, 5) is 28.7. The Labute approximate surface area is 126 Å². The lowest BCUT2D eigenvalue weighted by Crippen LogP contribution is -2.27. The molecule has 1 saturated heterocycles. The monoisotopic (exact) mass is 316 g/mol. The number of carbonyl (C=O) groups is 2. The first-order valence-electron chi connectivity index (χ1n) is 6.43. The van der Waals surface area contributed by atoms with Crippen LogP contribution < -0.4 is 16.4 Å². The molecule has 0 radical (unpaired) electrons. The number of rotatable bonds is 2. The van der Waals surface area contributed by atoms with Crippen LogP contribution in [0.3, 0.4) is 0 Å². The van der Waals surface area contributed by atoms with Gasteiger partial charge in [0.2, 0.25) is 11.8 Å². The van der Waals surface area contributed by atoms with Crippen LogP contribution in [0.25, 0.3) is 0 Å². The van der Waals surface area contributed by atoms with E-state index in [1.165, 1.54) is 16.2 Å². The zero-order valence-electron chi connectivity index (χ0n) is 10.8. The van der Waals surface area contributed by atoms with Crippen molar-refractivity contribution in [3.8, 4) is 0 Å². The highest BCUT2D eigenvalue weighted by atomic mass is 35.5. The Morgan fingerprint density at radius 1 is 1.45 bits per heavy atom. The van der Waals surface area contributed by atoms with Gasteiger partial charge in [-0.2, -0.15) is 0 Å². The number of hydrogen-bond donors (Lipinski definition) is 3. The molecule has 4 N–H and O–H groups in total. The number of thiazole rings is 1. The topological polar surface area (TPSA) is 97.1 Å². The maximum atomic E-state index is 12.0. The maximum Gasteiger partial charge on any atom is 0.231 e. The van der Waals surface area contributed by atoms with Gasteiger partial charge in [-0.15, -0.1) is 23.7 Å². The third-order valence-electron chi connectivity index (χ3n) is 3.56. The maximum absolute atomic E-state index is 12.0. The lowest BCUT2D eigenvalue weighted by molar-refractivity contribution is -0.123. The fourth-order valence-electron chi connectivity index (χ4n) is 2.45. The van der Waals surface area contributed by atoms with Gasteiger partial charge in [0.1, 0.15) is 0 Å². The molecule has 2 atom stereocenters. The molecule has 110 valence electrons. The SMILES string of the molecule is Cl.N[C@H]1CCc2nc(NC(=O)C3CNC(=O)C3)sc2C1. The molecule has 8 heteroatoms. The second-order valence-corrected chi connectivity index (χ2v) is 6.17. The fraction of sp³-hybridized carbons (Fsp3) is 0.583. The predicted octanol–water partition coefficient (Wildman–Crippen LogP) is 0.455. The van der Waals surface area contributed by atoms with Crippen molar-refractivity contribution in [2.45, 2.75) is 31.7 Å². The number of aromatic nitrogens is 1. The molecule has 20 heavy (non-hydrogen) atoms. The van der Waals surface area contributed by atoms with E-state index in [1.54, 1.807) is 0 Å². The Bertz CT molecular complexity index is 534. The lowest BCUT2D eigenvalue weighted by Gasteiger charge is -2.15. The first-order chi connectivity index (χ1) is 9.11. The summed E-state index contributed by atoms with van der Waals surface area (Å²) in [7, 11) is 0. The van der Waals surface area contributed by atoms with E-state index in [0.717, 1.165) is 25.0 Å². The highest BCUT2D eigenvalue weighted by Crippen LogP contribution is 2.29. The molecule has 1 fully saturated rings. The number of aryl methyl sites for hydroxylation is 1. The molecule has 3 rings (SSSR count). The average molecular weight is 317 g/mol. The number of carbonyl (C=O) groups excluding carboxylic acids is 2. The van der Waals surface area contributed by atoms with Crippen molar-refractivity contribution >= 4 is 40.7 Å². The van der Waals surface area contributed by atoms with Gasteiger partial charge < -0.3 is 16.4 Å². The van der Waals surface area contributed by atoms with E-state index in [0.29, 0.717) is 11.7 Å². The molecular formula is C12H17ClN4O2S. The van der Waals surface area contributed by atoms with Crippen molar-refractivity contribution in [3.05, 3.63) is 10.6 Å². The molecule has 2 heterocycles. The van der Waals surface area contributed by atoms with Gasteiger partial charge in [0, 0.05) is 23.9 Å². The van der Waals surface area contributed by atoms with Crippen LogP contribution in [0, 0.1) is 5.92 Å². The highest BCUT2D eigenvalue weighted by molar-refractivity contribution is 7.15. The number of nitrogens with two attached hydrogens (primary N) is 1. The molecule has 0 saturated carbocycles. The van der Waals surface area contributed by atoms with E-state index in [-0.39, 0.29) is 42.6 Å². The van der Waals surface area contributed by atoms with Crippen LogP contribution in [0.15, 0.2) is 0 Å². The minimum atomic E-state index is -0.282. The summed E-state index contributed by atoms with van der Waals surface area (Å²) < 4.78 is 0. The van der Waals surface area contributed by atoms with E-state index in [4.69, 9.17) is 5.73 Å². The van der Waals surface area contributed by atoms with Gasteiger partial charge in [-0.25, -0.2) is 4.98 Å². The predicted molar refractivity (Wildman–Crippen MR) is 79.1 cm³/mol. The van der Waals surface area contributed by atoms with Crippen molar-refractivity contribution in [3.63, 3.8) is 0 Å². The molecule has 2 aliphatic rings. The molecule has 1 aromatic rings. The molecule has 1 aromatic heterocycles. The summed E-state index contributed by atoms with van der Waals surface area (Å²) in [6.45, 7) is 0.417. The third-order valence-corrected chi connectivity index (χ3v) is 4.59. The molecule has 1 aliphatic carbocycles. The van der Waals surface area contributed by atoms with Crippen LogP contribution in [0.1, 0.15) is 23.4 Å². The Kier molecular flexibility index (Phi) is 4.62. The zero-order chi connectivity index (χ0) is 13.4. The average Bonchev–Trinajstić information content (AvgIpc) is 2.94. The molecule has 0 aromatic carbocycles. The van der Waals surface area contributed by atoms with E-state index in [2.05, 4.69) is 15.6 Å². The van der Waals surface area contributed by atoms with Crippen molar-refractivity contribution in [1.29, 1.82) is 0 Å². The summed E-state index contributed by atoms with van der Waals surface area (Å²) in [5.41, 5.74) is 6.98. The number of halogens is 1. The summed E-state index contributed by atoms with van der Waals surface area (Å²) in [5, 5.41) is 6.10. The van der Waals surface area contributed by atoms with Crippen molar-refractivity contribution in [1.82, 2.24) is 10.3 Å². The molecule has 1 aliphatic heterocycles. The number of nitrogens with one attached hydrogen (secondary N) is 2. The zero-order valence-corrected chi connectivity index (χ0v) is 12.5. The van der Waals surface area contributed by atoms with E-state index < -0.39 is 0 Å². The van der Waals surface area contributed by atoms with Gasteiger partial charge in [-0.05, 0) is 19.3 Å². The number of nitrogens with zero attached hydrogens (tertiary/aromatic N) is 1. The number of hydrogen-bond acceptors (Lipinski definition) is 5. The fourth-order valence-corrected chi connectivity index (χ4v) is 3.56.